The van der Waals surface area contributed by atoms with Gasteiger partial charge < -0.3 is 19.7 Å². The van der Waals surface area contributed by atoms with Gasteiger partial charge in [0.25, 0.3) is 0 Å². The second kappa shape index (κ2) is 7.23. The van der Waals surface area contributed by atoms with Gasteiger partial charge in [0.2, 0.25) is 5.95 Å². The molecule has 112 valence electrons. The van der Waals surface area contributed by atoms with Crippen molar-refractivity contribution in [3.8, 4) is 12.0 Å². The highest BCUT2D eigenvalue weighted by molar-refractivity contribution is 5.28. The molecule has 1 aliphatic heterocycles. The highest BCUT2D eigenvalue weighted by Crippen LogP contribution is 2.14. The van der Waals surface area contributed by atoms with Gasteiger partial charge in [0, 0.05) is 12.6 Å². The van der Waals surface area contributed by atoms with Crippen LogP contribution in [0.3, 0.4) is 0 Å². The summed E-state index contributed by atoms with van der Waals surface area (Å²) in [6, 6.07) is 0.763. The van der Waals surface area contributed by atoms with E-state index in [1.807, 2.05) is 0 Å². The van der Waals surface area contributed by atoms with E-state index in [4.69, 9.17) is 9.47 Å². The van der Waals surface area contributed by atoms with Crippen LogP contribution in [-0.4, -0.2) is 59.7 Å². The topological polar surface area (TPSA) is 72.4 Å². The molecule has 7 heteroatoms. The molecule has 7 nitrogen and oxygen atoms in total. The number of piperidine rings is 1. The maximum Gasteiger partial charge on any atom is 0.324 e. The van der Waals surface area contributed by atoms with Crippen LogP contribution in [0.4, 0.5) is 5.95 Å². The Morgan fingerprint density at radius 1 is 1.05 bits per heavy atom. The summed E-state index contributed by atoms with van der Waals surface area (Å²) in [4.78, 5) is 14.8. The fourth-order valence-corrected chi connectivity index (χ4v) is 2.38. The average molecular weight is 281 g/mol. The highest BCUT2D eigenvalue weighted by atomic mass is 16.5. The van der Waals surface area contributed by atoms with Gasteiger partial charge >= 0.3 is 12.0 Å². The van der Waals surface area contributed by atoms with Crippen LogP contribution in [-0.2, 0) is 0 Å². The van der Waals surface area contributed by atoms with Crippen LogP contribution in [0.5, 0.6) is 12.0 Å². The minimum Gasteiger partial charge on any atom is -0.467 e. The lowest BCUT2D eigenvalue weighted by Gasteiger charge is -2.29. The molecule has 1 atom stereocenters. The molecular formula is C13H23N5O2. The first kappa shape index (κ1) is 14.8. The number of nitrogens with one attached hydrogen (secondary N) is 1. The summed E-state index contributed by atoms with van der Waals surface area (Å²) in [6.07, 6.45) is 3.93. The first-order valence-corrected chi connectivity index (χ1v) is 7.04. The molecule has 0 aromatic carbocycles. The number of likely N-dealkylation sites (tertiary alicyclic amines) is 1. The van der Waals surface area contributed by atoms with E-state index in [1.54, 1.807) is 0 Å². The monoisotopic (exact) mass is 281 g/mol. The van der Waals surface area contributed by atoms with Crippen LogP contribution < -0.4 is 14.8 Å². The first-order valence-electron chi connectivity index (χ1n) is 7.04. The first-order chi connectivity index (χ1) is 9.71. The van der Waals surface area contributed by atoms with Crippen molar-refractivity contribution in [3.05, 3.63) is 0 Å². The quantitative estimate of drug-likeness (QED) is 0.839. The molecule has 0 amide bonds. The van der Waals surface area contributed by atoms with E-state index in [2.05, 4.69) is 32.1 Å². The molecule has 2 heterocycles. The molecule has 1 aromatic heterocycles. The average Bonchev–Trinajstić information content (AvgIpc) is 2.47. The Hall–Kier alpha value is -1.63. The zero-order chi connectivity index (χ0) is 14.4. The van der Waals surface area contributed by atoms with Gasteiger partial charge in [0.1, 0.15) is 0 Å². The normalized spacial score (nSPS) is 17.6. The third-order valence-corrected chi connectivity index (χ3v) is 3.32. The Kier molecular flexibility index (Phi) is 5.34. The summed E-state index contributed by atoms with van der Waals surface area (Å²) in [5.74, 6) is 0.484. The number of rotatable bonds is 6. The van der Waals surface area contributed by atoms with Gasteiger partial charge in [-0.2, -0.15) is 9.97 Å². The maximum absolute atomic E-state index is 5.04. The van der Waals surface area contributed by atoms with Gasteiger partial charge in [0.15, 0.2) is 0 Å². The lowest BCUT2D eigenvalue weighted by molar-refractivity contribution is 0.223. The molecule has 2 rings (SSSR count). The van der Waals surface area contributed by atoms with Gasteiger partial charge in [-0.3, -0.25) is 0 Å². The van der Waals surface area contributed by atoms with Gasteiger partial charge in [-0.05, 0) is 32.9 Å². The maximum atomic E-state index is 5.04. The lowest BCUT2D eigenvalue weighted by atomic mass is 10.1. The second-order valence-electron chi connectivity index (χ2n) is 5.04. The molecule has 1 aromatic rings. The van der Waals surface area contributed by atoms with E-state index < -0.39 is 0 Å². The molecule has 1 fully saturated rings. The summed E-state index contributed by atoms with van der Waals surface area (Å²) >= 11 is 0. The van der Waals surface area contributed by atoms with E-state index in [9.17, 15) is 0 Å². The fraction of sp³-hybridized carbons (Fsp3) is 0.769. The number of aromatic nitrogens is 3. The van der Waals surface area contributed by atoms with Gasteiger partial charge in [-0.1, -0.05) is 6.42 Å². The molecule has 20 heavy (non-hydrogen) atoms. The zero-order valence-electron chi connectivity index (χ0n) is 12.4. The van der Waals surface area contributed by atoms with Crippen LogP contribution >= 0.6 is 0 Å². The Morgan fingerprint density at radius 2 is 1.65 bits per heavy atom. The highest BCUT2D eigenvalue weighted by Gasteiger charge is 2.15. The molecule has 0 saturated carbocycles. The van der Waals surface area contributed by atoms with E-state index in [0.717, 1.165) is 6.54 Å². The number of methoxy groups -OCH3 is 2. The van der Waals surface area contributed by atoms with Gasteiger partial charge in [0.05, 0.1) is 14.2 Å². The largest absolute Gasteiger partial charge is 0.467 e. The molecule has 0 aliphatic carbocycles. The molecular weight excluding hydrogens is 258 g/mol. The van der Waals surface area contributed by atoms with Crippen molar-refractivity contribution in [1.29, 1.82) is 0 Å². The molecule has 0 bridgehead atoms. The molecule has 1 saturated heterocycles. The Balaban J connectivity index is 1.93. The summed E-state index contributed by atoms with van der Waals surface area (Å²) < 4.78 is 10.1. The second-order valence-corrected chi connectivity index (χ2v) is 5.04. The summed E-state index contributed by atoms with van der Waals surface area (Å²) in [5.41, 5.74) is 0. The summed E-state index contributed by atoms with van der Waals surface area (Å²) in [6.45, 7) is 5.46. The van der Waals surface area contributed by atoms with E-state index >= 15 is 0 Å². The van der Waals surface area contributed by atoms with Crippen molar-refractivity contribution >= 4 is 5.95 Å². The van der Waals surface area contributed by atoms with E-state index in [-0.39, 0.29) is 18.1 Å². The number of anilines is 1. The lowest BCUT2D eigenvalue weighted by Crippen LogP contribution is -2.38. The number of nitrogens with zero attached hydrogens (tertiary/aromatic N) is 4. The number of ether oxygens (including phenoxy) is 2. The van der Waals surface area contributed by atoms with E-state index in [0.29, 0.717) is 5.95 Å². The van der Waals surface area contributed by atoms with Crippen molar-refractivity contribution in [2.75, 3.05) is 39.2 Å². The van der Waals surface area contributed by atoms with Crippen molar-refractivity contribution in [2.24, 2.45) is 0 Å². The summed E-state index contributed by atoms with van der Waals surface area (Å²) in [5, 5.41) is 3.27. The number of hydrogen-bond donors (Lipinski definition) is 1. The molecule has 1 N–H and O–H groups in total. The third kappa shape index (κ3) is 4.19. The predicted octanol–water partition coefficient (Wildman–Crippen LogP) is 1.18. The Bertz CT molecular complexity index is 401. The molecule has 0 spiro atoms. The Labute approximate surface area is 119 Å². The van der Waals surface area contributed by atoms with Crippen LogP contribution in [0, 0.1) is 0 Å². The van der Waals surface area contributed by atoms with Crippen LogP contribution in [0.25, 0.3) is 0 Å². The standard InChI is InChI=1S/C13H23N5O2/c1-10(9-18-7-5-4-6-8-18)14-11-15-12(19-2)17-13(16-11)20-3/h10H,4-9H2,1-3H3,(H,14,15,16,17). The summed E-state index contributed by atoms with van der Waals surface area (Å²) in [7, 11) is 3.05. The SMILES string of the molecule is COc1nc(NC(C)CN2CCCCC2)nc(OC)n1. The van der Waals surface area contributed by atoms with Crippen LogP contribution in [0.1, 0.15) is 26.2 Å². The van der Waals surface area contributed by atoms with Crippen molar-refractivity contribution in [1.82, 2.24) is 19.9 Å². The van der Waals surface area contributed by atoms with Crippen LogP contribution in [0.15, 0.2) is 0 Å². The molecule has 1 unspecified atom stereocenters. The van der Waals surface area contributed by atoms with Gasteiger partial charge in [-0.25, -0.2) is 0 Å². The van der Waals surface area contributed by atoms with Crippen molar-refractivity contribution in [3.63, 3.8) is 0 Å². The predicted molar refractivity (Wildman–Crippen MR) is 76.3 cm³/mol. The minimum absolute atomic E-state index is 0.254. The van der Waals surface area contributed by atoms with Crippen molar-refractivity contribution in [2.45, 2.75) is 32.2 Å². The Morgan fingerprint density at radius 3 is 2.20 bits per heavy atom. The number of hydrogen-bond acceptors (Lipinski definition) is 7. The van der Waals surface area contributed by atoms with Crippen LogP contribution in [0.2, 0.25) is 0 Å². The van der Waals surface area contributed by atoms with Gasteiger partial charge in [-0.15, -0.1) is 4.98 Å². The molecule has 0 radical (unpaired) electrons. The third-order valence-electron chi connectivity index (χ3n) is 3.32. The zero-order valence-corrected chi connectivity index (χ0v) is 12.4. The fourth-order valence-electron chi connectivity index (χ4n) is 2.38. The minimum atomic E-state index is 0.254. The van der Waals surface area contributed by atoms with Crippen molar-refractivity contribution < 1.29 is 9.47 Å². The smallest absolute Gasteiger partial charge is 0.324 e. The van der Waals surface area contributed by atoms with E-state index in [1.165, 1.54) is 46.6 Å². The molecule has 1 aliphatic rings.